The number of rotatable bonds is 2. The van der Waals surface area contributed by atoms with Crippen LogP contribution >= 0.6 is 11.6 Å². The summed E-state index contributed by atoms with van der Waals surface area (Å²) in [7, 11) is 1.40. The molecule has 1 saturated carbocycles. The first kappa shape index (κ1) is 12.7. The molecule has 0 radical (unpaired) electrons. The molecule has 0 amide bonds. The molecule has 1 aromatic heterocycles. The van der Waals surface area contributed by atoms with Crippen molar-refractivity contribution in [1.82, 2.24) is 9.78 Å². The molecule has 0 aromatic carbocycles. The third-order valence-electron chi connectivity index (χ3n) is 3.40. The molecule has 1 fully saturated rings. The van der Waals surface area contributed by atoms with Crippen LogP contribution in [0.5, 0.6) is 0 Å². The van der Waals surface area contributed by atoms with Crippen molar-refractivity contribution in [3.05, 3.63) is 16.4 Å². The van der Waals surface area contributed by atoms with Gasteiger partial charge in [-0.25, -0.2) is 0 Å². The molecule has 2 N–H and O–H groups in total. The van der Waals surface area contributed by atoms with Crippen LogP contribution in [0.2, 0.25) is 5.15 Å². The lowest BCUT2D eigenvalue weighted by atomic mass is 9.89. The molecular weight excluding hydrogens is 255 g/mol. The summed E-state index contributed by atoms with van der Waals surface area (Å²) in [4.78, 5) is 0. The van der Waals surface area contributed by atoms with Crippen molar-refractivity contribution in [3.8, 4) is 0 Å². The number of halogens is 4. The Morgan fingerprint density at radius 1 is 1.47 bits per heavy atom. The first-order valence-corrected chi connectivity index (χ1v) is 5.63. The van der Waals surface area contributed by atoms with Crippen LogP contribution in [0.1, 0.15) is 31.0 Å². The zero-order valence-corrected chi connectivity index (χ0v) is 10.2. The van der Waals surface area contributed by atoms with E-state index in [9.17, 15) is 13.2 Å². The van der Waals surface area contributed by atoms with Gasteiger partial charge >= 0.3 is 6.18 Å². The molecule has 1 unspecified atom stereocenters. The molecule has 0 saturated heterocycles. The predicted octanol–water partition coefficient (Wildman–Crippen LogP) is 2.47. The lowest BCUT2D eigenvalue weighted by Gasteiger charge is -2.20. The number of hydrogen-bond donors (Lipinski definition) is 1. The summed E-state index contributed by atoms with van der Waals surface area (Å²) in [6, 6.07) is -0.370. The van der Waals surface area contributed by atoms with Crippen LogP contribution in [0.4, 0.5) is 13.2 Å². The van der Waals surface area contributed by atoms with Crippen molar-refractivity contribution in [1.29, 1.82) is 0 Å². The van der Waals surface area contributed by atoms with Crippen LogP contribution in [0.3, 0.4) is 0 Å². The minimum atomic E-state index is -4.50. The van der Waals surface area contributed by atoms with E-state index < -0.39 is 17.3 Å². The predicted molar refractivity (Wildman–Crippen MR) is 57.8 cm³/mol. The van der Waals surface area contributed by atoms with Crippen LogP contribution in [-0.2, 0) is 18.6 Å². The Morgan fingerprint density at radius 2 is 2.00 bits per heavy atom. The molecule has 0 aliphatic heterocycles. The van der Waals surface area contributed by atoms with Gasteiger partial charge in [-0.1, -0.05) is 11.6 Å². The molecule has 96 valence electrons. The minimum Gasteiger partial charge on any atom is -0.327 e. The maximum absolute atomic E-state index is 12.9. The van der Waals surface area contributed by atoms with Gasteiger partial charge in [-0.05, 0) is 19.8 Å². The molecule has 0 bridgehead atoms. The smallest absolute Gasteiger partial charge is 0.327 e. The average Bonchev–Trinajstić information content (AvgIpc) is 2.91. The summed E-state index contributed by atoms with van der Waals surface area (Å²) in [5.41, 5.74) is 4.29. The van der Waals surface area contributed by atoms with Crippen molar-refractivity contribution in [3.63, 3.8) is 0 Å². The Kier molecular flexibility index (Phi) is 2.70. The van der Waals surface area contributed by atoms with Crippen LogP contribution in [0, 0.1) is 0 Å². The largest absolute Gasteiger partial charge is 0.435 e. The fraction of sp³-hybridized carbons (Fsp3) is 0.700. The second-order valence-corrected chi connectivity index (χ2v) is 4.94. The third kappa shape index (κ3) is 1.83. The average molecular weight is 268 g/mol. The summed E-state index contributed by atoms with van der Waals surface area (Å²) in [5, 5.41) is 3.51. The minimum absolute atomic E-state index is 0.0344. The van der Waals surface area contributed by atoms with Gasteiger partial charge in [-0.15, -0.1) is 0 Å². The number of aryl methyl sites for hydroxylation is 1. The zero-order chi connectivity index (χ0) is 13.0. The van der Waals surface area contributed by atoms with E-state index in [1.165, 1.54) is 7.05 Å². The number of hydrogen-bond acceptors (Lipinski definition) is 2. The molecule has 7 heteroatoms. The quantitative estimate of drug-likeness (QED) is 0.895. The molecular formula is C10H13ClF3N3. The van der Waals surface area contributed by atoms with E-state index >= 15 is 0 Å². The van der Waals surface area contributed by atoms with Gasteiger partial charge < -0.3 is 5.73 Å². The Hall–Kier alpha value is -0.750. The third-order valence-corrected chi connectivity index (χ3v) is 3.84. The fourth-order valence-electron chi connectivity index (χ4n) is 2.21. The van der Waals surface area contributed by atoms with Crippen LogP contribution < -0.4 is 5.73 Å². The van der Waals surface area contributed by atoms with E-state index in [0.29, 0.717) is 12.8 Å². The van der Waals surface area contributed by atoms with Gasteiger partial charge in [0, 0.05) is 24.1 Å². The zero-order valence-electron chi connectivity index (χ0n) is 9.48. The van der Waals surface area contributed by atoms with Crippen molar-refractivity contribution >= 4 is 11.6 Å². The molecule has 1 atom stereocenters. The molecule has 17 heavy (non-hydrogen) atoms. The normalized spacial score (nSPS) is 20.4. The van der Waals surface area contributed by atoms with Gasteiger partial charge in [-0.2, -0.15) is 18.3 Å². The summed E-state index contributed by atoms with van der Waals surface area (Å²) in [6.07, 6.45) is -3.25. The number of nitrogens with two attached hydrogens (primary N) is 1. The standard InChI is InChI=1S/C10H13ClF3N3/c1-5(15)9(3-4-9)6-7(10(12,13)14)16-17(2)8(6)11/h5H,3-4,15H2,1-2H3. The van der Waals surface area contributed by atoms with E-state index in [0.717, 1.165) is 4.68 Å². The van der Waals surface area contributed by atoms with Gasteiger partial charge in [-0.3, -0.25) is 4.68 Å². The van der Waals surface area contributed by atoms with Crippen molar-refractivity contribution in [2.45, 2.75) is 37.4 Å². The van der Waals surface area contributed by atoms with Crippen molar-refractivity contribution in [2.75, 3.05) is 0 Å². The monoisotopic (exact) mass is 267 g/mol. The highest BCUT2D eigenvalue weighted by atomic mass is 35.5. The summed E-state index contributed by atoms with van der Waals surface area (Å²) < 4.78 is 39.7. The summed E-state index contributed by atoms with van der Waals surface area (Å²) >= 11 is 5.93. The summed E-state index contributed by atoms with van der Waals surface area (Å²) in [6.45, 7) is 1.70. The number of nitrogens with zero attached hydrogens (tertiary/aromatic N) is 2. The van der Waals surface area contributed by atoms with Crippen LogP contribution in [-0.4, -0.2) is 15.8 Å². The highest BCUT2D eigenvalue weighted by molar-refractivity contribution is 6.30. The first-order chi connectivity index (χ1) is 7.70. The molecule has 3 nitrogen and oxygen atoms in total. The molecule has 1 aromatic rings. The van der Waals surface area contributed by atoms with E-state index in [4.69, 9.17) is 17.3 Å². The second kappa shape index (κ2) is 3.62. The Balaban J connectivity index is 2.61. The van der Waals surface area contributed by atoms with Gasteiger partial charge in [0.25, 0.3) is 0 Å². The van der Waals surface area contributed by atoms with Gasteiger partial charge in [0.05, 0.1) is 0 Å². The SMILES string of the molecule is CC(N)C1(c2c(C(F)(F)F)nn(C)c2Cl)CC1. The van der Waals surface area contributed by atoms with Gasteiger partial charge in [0.2, 0.25) is 0 Å². The van der Waals surface area contributed by atoms with Crippen molar-refractivity contribution in [2.24, 2.45) is 12.8 Å². The fourth-order valence-corrected chi connectivity index (χ4v) is 2.53. The lowest BCUT2D eigenvalue weighted by molar-refractivity contribution is -0.142. The molecule has 1 aliphatic carbocycles. The summed E-state index contributed by atoms with van der Waals surface area (Å²) in [5.74, 6) is 0. The van der Waals surface area contributed by atoms with Crippen LogP contribution in [0.25, 0.3) is 0 Å². The van der Waals surface area contributed by atoms with Crippen LogP contribution in [0.15, 0.2) is 0 Å². The van der Waals surface area contributed by atoms with Gasteiger partial charge in [0.1, 0.15) is 5.15 Å². The molecule has 2 rings (SSSR count). The lowest BCUT2D eigenvalue weighted by Crippen LogP contribution is -2.33. The first-order valence-electron chi connectivity index (χ1n) is 5.26. The van der Waals surface area contributed by atoms with E-state index in [-0.39, 0.29) is 16.8 Å². The molecule has 1 heterocycles. The maximum atomic E-state index is 12.9. The Morgan fingerprint density at radius 3 is 2.35 bits per heavy atom. The molecule has 0 spiro atoms. The highest BCUT2D eigenvalue weighted by Crippen LogP contribution is 2.55. The Bertz CT molecular complexity index is 446. The van der Waals surface area contributed by atoms with E-state index in [1.54, 1.807) is 6.92 Å². The maximum Gasteiger partial charge on any atom is 0.435 e. The number of aromatic nitrogens is 2. The topological polar surface area (TPSA) is 43.8 Å². The number of alkyl halides is 3. The Labute approximate surface area is 102 Å². The van der Waals surface area contributed by atoms with E-state index in [2.05, 4.69) is 5.10 Å². The van der Waals surface area contributed by atoms with E-state index in [1.807, 2.05) is 0 Å². The van der Waals surface area contributed by atoms with Crippen molar-refractivity contribution < 1.29 is 13.2 Å². The molecule has 1 aliphatic rings. The van der Waals surface area contributed by atoms with Gasteiger partial charge in [0.15, 0.2) is 5.69 Å². The highest BCUT2D eigenvalue weighted by Gasteiger charge is 2.55. The second-order valence-electron chi connectivity index (χ2n) is 4.58.